The highest BCUT2D eigenvalue weighted by Gasteiger charge is 2.33. The monoisotopic (exact) mass is 461 g/mol. The Balaban J connectivity index is 1.44. The van der Waals surface area contributed by atoms with Crippen molar-refractivity contribution in [1.82, 2.24) is 19.9 Å². The topological polar surface area (TPSA) is 72.8 Å². The van der Waals surface area contributed by atoms with Crippen LogP contribution in [0.1, 0.15) is 16.8 Å². The third kappa shape index (κ3) is 4.97. The summed E-state index contributed by atoms with van der Waals surface area (Å²) in [5, 5.41) is 2.97. The van der Waals surface area contributed by atoms with Gasteiger partial charge in [-0.05, 0) is 48.7 Å². The van der Waals surface area contributed by atoms with Crippen molar-refractivity contribution in [3.63, 3.8) is 0 Å². The molecule has 0 saturated heterocycles. The highest BCUT2D eigenvalue weighted by Crippen LogP contribution is 2.30. The number of hydrogen-bond acceptors (Lipinski definition) is 6. The first-order valence-corrected chi connectivity index (χ1v) is 9.71. The summed E-state index contributed by atoms with van der Waals surface area (Å²) in [4.78, 5) is 14.7. The van der Waals surface area contributed by atoms with Crippen LogP contribution in [0.2, 0.25) is 0 Å². The van der Waals surface area contributed by atoms with Gasteiger partial charge >= 0.3 is 6.18 Å². The minimum absolute atomic E-state index is 0.0268. The summed E-state index contributed by atoms with van der Waals surface area (Å²) in [5.74, 6) is -1.01. The third-order valence-corrected chi connectivity index (χ3v) is 4.84. The van der Waals surface area contributed by atoms with Crippen molar-refractivity contribution in [2.75, 3.05) is 11.9 Å². The number of nitrogens with zero attached hydrogens (tertiary/aromatic N) is 4. The van der Waals surface area contributed by atoms with Gasteiger partial charge in [0.2, 0.25) is 5.88 Å². The van der Waals surface area contributed by atoms with Crippen LogP contribution in [-0.4, -0.2) is 26.5 Å². The molecule has 6 nitrogen and oxygen atoms in total. The second-order valence-electron chi connectivity index (χ2n) is 7.08. The highest BCUT2D eigenvalue weighted by atomic mass is 19.4. The molecular weight excluding hydrogens is 445 g/mol. The molecule has 0 bridgehead atoms. The standard InChI is InChI=1S/C22H16F5N5O/c1-12-8-14(33-18-9-17(22(25,26)27)29-10-30-18)3-2-13(12)6-7-28-21-19-15(23)4-5-16(24)20(19)31-11-32-21/h2-5,8-11H,6-7H2,1H3,(H,28,31,32). The van der Waals surface area contributed by atoms with Crippen molar-refractivity contribution >= 4 is 16.7 Å². The predicted octanol–water partition coefficient (Wildman–Crippen LogP) is 5.47. The van der Waals surface area contributed by atoms with Gasteiger partial charge in [-0.1, -0.05) is 6.07 Å². The van der Waals surface area contributed by atoms with Gasteiger partial charge < -0.3 is 10.1 Å². The fourth-order valence-electron chi connectivity index (χ4n) is 3.23. The molecule has 11 heteroatoms. The molecule has 4 aromatic rings. The van der Waals surface area contributed by atoms with E-state index in [-0.39, 0.29) is 22.6 Å². The lowest BCUT2D eigenvalue weighted by atomic mass is 10.1. The molecule has 170 valence electrons. The first-order chi connectivity index (χ1) is 15.7. The Labute approximate surface area is 184 Å². The van der Waals surface area contributed by atoms with Crippen LogP contribution in [-0.2, 0) is 12.6 Å². The third-order valence-electron chi connectivity index (χ3n) is 4.84. The number of nitrogens with one attached hydrogen (secondary N) is 1. The summed E-state index contributed by atoms with van der Waals surface area (Å²) in [7, 11) is 0. The van der Waals surface area contributed by atoms with Crippen molar-refractivity contribution in [1.29, 1.82) is 0 Å². The Morgan fingerprint density at radius 1 is 0.909 bits per heavy atom. The van der Waals surface area contributed by atoms with E-state index in [1.54, 1.807) is 18.2 Å². The molecule has 0 spiro atoms. The number of aromatic nitrogens is 4. The number of benzene rings is 2. The zero-order chi connectivity index (χ0) is 23.6. The van der Waals surface area contributed by atoms with Gasteiger partial charge in [-0.2, -0.15) is 13.2 Å². The molecule has 0 amide bonds. The minimum atomic E-state index is -4.60. The summed E-state index contributed by atoms with van der Waals surface area (Å²) in [6, 6.07) is 7.78. The Morgan fingerprint density at radius 2 is 1.67 bits per heavy atom. The fourth-order valence-corrected chi connectivity index (χ4v) is 3.23. The molecule has 0 saturated carbocycles. The van der Waals surface area contributed by atoms with Gasteiger partial charge in [-0.25, -0.2) is 28.7 Å². The van der Waals surface area contributed by atoms with Gasteiger partial charge in [0.1, 0.15) is 41.4 Å². The first-order valence-electron chi connectivity index (χ1n) is 9.71. The summed E-state index contributed by atoms with van der Waals surface area (Å²) in [6.07, 6.45) is -2.14. The number of rotatable bonds is 6. The molecule has 1 N–H and O–H groups in total. The van der Waals surface area contributed by atoms with E-state index in [1.165, 1.54) is 0 Å². The number of aryl methyl sites for hydroxylation is 1. The first kappa shape index (κ1) is 22.3. The average Bonchev–Trinajstić information content (AvgIpc) is 2.77. The molecule has 0 aliphatic carbocycles. The minimum Gasteiger partial charge on any atom is -0.439 e. The lowest BCUT2D eigenvalue weighted by Gasteiger charge is -2.12. The van der Waals surface area contributed by atoms with E-state index in [2.05, 4.69) is 25.3 Å². The summed E-state index contributed by atoms with van der Waals surface area (Å²) in [5.41, 5.74) is 0.534. The molecule has 0 radical (unpaired) electrons. The molecule has 0 fully saturated rings. The second-order valence-corrected chi connectivity index (χ2v) is 7.08. The number of ether oxygens (including phenoxy) is 1. The molecular formula is C22H16F5N5O. The van der Waals surface area contributed by atoms with Crippen LogP contribution in [0.3, 0.4) is 0 Å². The Kier molecular flexibility index (Phi) is 6.03. The van der Waals surface area contributed by atoms with Crippen LogP contribution in [0.25, 0.3) is 10.9 Å². The quantitative estimate of drug-likeness (QED) is 0.384. The fraction of sp³-hybridized carbons (Fsp3) is 0.182. The van der Waals surface area contributed by atoms with Crippen LogP contribution in [0.5, 0.6) is 11.6 Å². The SMILES string of the molecule is Cc1cc(Oc2cc(C(F)(F)F)ncn2)ccc1CCNc1ncnc2c(F)ccc(F)c12. The van der Waals surface area contributed by atoms with Gasteiger partial charge in [-0.3, -0.25) is 0 Å². The van der Waals surface area contributed by atoms with Crippen molar-refractivity contribution in [2.45, 2.75) is 19.5 Å². The molecule has 0 aliphatic heterocycles. The van der Waals surface area contributed by atoms with Crippen LogP contribution >= 0.6 is 0 Å². The zero-order valence-corrected chi connectivity index (χ0v) is 17.1. The molecule has 4 rings (SSSR count). The predicted molar refractivity (Wildman–Crippen MR) is 110 cm³/mol. The number of hydrogen-bond donors (Lipinski definition) is 1. The number of alkyl halides is 3. The van der Waals surface area contributed by atoms with Crippen LogP contribution in [0, 0.1) is 18.6 Å². The van der Waals surface area contributed by atoms with E-state index in [9.17, 15) is 22.0 Å². The van der Waals surface area contributed by atoms with Crippen molar-refractivity contribution in [3.05, 3.63) is 77.5 Å². The maximum absolute atomic E-state index is 14.2. The van der Waals surface area contributed by atoms with Crippen LogP contribution in [0.15, 0.2) is 49.1 Å². The van der Waals surface area contributed by atoms with Crippen LogP contribution < -0.4 is 10.1 Å². The molecule has 0 unspecified atom stereocenters. The van der Waals surface area contributed by atoms with Gasteiger partial charge in [0, 0.05) is 12.6 Å². The molecule has 2 aromatic carbocycles. The Morgan fingerprint density at radius 3 is 2.42 bits per heavy atom. The molecule has 0 atom stereocenters. The van der Waals surface area contributed by atoms with Crippen molar-refractivity contribution < 1.29 is 26.7 Å². The number of halogens is 5. The average molecular weight is 461 g/mol. The van der Waals surface area contributed by atoms with Crippen LogP contribution in [0.4, 0.5) is 27.8 Å². The van der Waals surface area contributed by atoms with Gasteiger partial charge in [0.05, 0.1) is 5.39 Å². The molecule has 2 heterocycles. The second kappa shape index (κ2) is 8.93. The van der Waals surface area contributed by atoms with E-state index in [0.717, 1.165) is 42.0 Å². The number of fused-ring (bicyclic) bond motifs is 1. The zero-order valence-electron chi connectivity index (χ0n) is 17.1. The summed E-state index contributed by atoms with van der Waals surface area (Å²) >= 11 is 0. The van der Waals surface area contributed by atoms with E-state index in [1.807, 2.05) is 6.92 Å². The summed E-state index contributed by atoms with van der Waals surface area (Å²) in [6.45, 7) is 2.18. The van der Waals surface area contributed by atoms with Gasteiger partial charge in [0.25, 0.3) is 0 Å². The van der Waals surface area contributed by atoms with E-state index >= 15 is 0 Å². The van der Waals surface area contributed by atoms with E-state index in [4.69, 9.17) is 4.74 Å². The number of anilines is 1. The van der Waals surface area contributed by atoms with Crippen molar-refractivity contribution in [3.8, 4) is 11.6 Å². The highest BCUT2D eigenvalue weighted by molar-refractivity contribution is 5.89. The Bertz CT molecular complexity index is 1310. The van der Waals surface area contributed by atoms with Crippen molar-refractivity contribution in [2.24, 2.45) is 0 Å². The largest absolute Gasteiger partial charge is 0.439 e. The van der Waals surface area contributed by atoms with Gasteiger partial charge in [0.15, 0.2) is 5.69 Å². The van der Waals surface area contributed by atoms with E-state index in [0.29, 0.717) is 18.7 Å². The molecule has 33 heavy (non-hydrogen) atoms. The van der Waals surface area contributed by atoms with E-state index < -0.39 is 23.5 Å². The molecule has 0 aliphatic rings. The maximum Gasteiger partial charge on any atom is 0.433 e. The molecule has 2 aromatic heterocycles. The Hall–Kier alpha value is -3.89. The van der Waals surface area contributed by atoms with Gasteiger partial charge in [-0.15, -0.1) is 0 Å². The normalized spacial score (nSPS) is 11.6. The summed E-state index contributed by atoms with van der Waals surface area (Å²) < 4.78 is 71.9. The maximum atomic E-state index is 14.2. The lowest BCUT2D eigenvalue weighted by Crippen LogP contribution is -2.09. The smallest absolute Gasteiger partial charge is 0.433 e. The lowest BCUT2D eigenvalue weighted by molar-refractivity contribution is -0.141.